The van der Waals surface area contributed by atoms with Crippen molar-refractivity contribution < 1.29 is 13.9 Å². The van der Waals surface area contributed by atoms with Crippen molar-refractivity contribution in [1.29, 1.82) is 0 Å². The first kappa shape index (κ1) is 16.1. The van der Waals surface area contributed by atoms with Crippen LogP contribution in [0.5, 0.6) is 0 Å². The maximum atomic E-state index is 12.5. The number of carbonyl (C=O) groups excluding carboxylic acids is 1. The van der Waals surface area contributed by atoms with E-state index in [2.05, 4.69) is 27.0 Å². The van der Waals surface area contributed by atoms with Crippen molar-refractivity contribution in [1.82, 2.24) is 9.55 Å². The van der Waals surface area contributed by atoms with E-state index in [1.165, 1.54) is 7.11 Å². The highest BCUT2D eigenvalue weighted by Gasteiger charge is 2.23. The number of nitrogens with one attached hydrogen (secondary N) is 1. The topological polar surface area (TPSA) is 51.1 Å². The maximum absolute atomic E-state index is 12.5. The quantitative estimate of drug-likeness (QED) is 0.339. The summed E-state index contributed by atoms with van der Waals surface area (Å²) in [6.07, 6.45) is 3.92. The molecule has 0 aliphatic carbocycles. The molecule has 0 fully saturated rings. The monoisotopic (exact) mass is 420 g/mol. The molecule has 0 bridgehead atoms. The predicted molar refractivity (Wildman–Crippen MR) is 107 cm³/mol. The average Bonchev–Trinajstić information content (AvgIpc) is 3.28. The fourth-order valence-corrected chi connectivity index (χ4v) is 3.94. The first-order valence-electron chi connectivity index (χ1n) is 8.47. The summed E-state index contributed by atoms with van der Waals surface area (Å²) in [5.41, 5.74) is 4.40. The molecule has 0 radical (unpaired) electrons. The number of halogens is 1. The summed E-state index contributed by atoms with van der Waals surface area (Å²) < 4.78 is 9.88. The molecule has 0 amide bonds. The minimum atomic E-state index is -0.371. The second-order valence-corrected chi connectivity index (χ2v) is 7.28. The zero-order chi connectivity index (χ0) is 18.5. The van der Waals surface area contributed by atoms with Gasteiger partial charge in [-0.25, -0.2) is 9.36 Å². The number of nitrogens with zero attached hydrogens (tertiary/aromatic N) is 2. The van der Waals surface area contributed by atoms with E-state index in [9.17, 15) is 4.79 Å². The van der Waals surface area contributed by atoms with Crippen molar-refractivity contribution in [3.8, 4) is 5.69 Å². The molecule has 132 valence electrons. The molecule has 2 aromatic carbocycles. The molecule has 1 N–H and O–H groups in total. The largest absolute Gasteiger partial charge is 0.463 e. The van der Waals surface area contributed by atoms with E-state index in [0.717, 1.165) is 37.5 Å². The Morgan fingerprint density at radius 1 is 1.11 bits per heavy atom. The fourth-order valence-electron chi connectivity index (χ4n) is 3.55. The van der Waals surface area contributed by atoms with Crippen molar-refractivity contribution in [3.63, 3.8) is 0 Å². The number of benzene rings is 2. The van der Waals surface area contributed by atoms with E-state index in [1.807, 2.05) is 70.0 Å². The second-order valence-electron chi connectivity index (χ2n) is 6.37. The SMILES string of the molecule is COC(=O)c1cc2c3ccccc3[nH]c2c2cn(-c3cccc(Br)c3)c[n+]12. The predicted octanol–water partition coefficient (Wildman–Crippen LogP) is 4.40. The third kappa shape index (κ3) is 2.44. The zero-order valence-corrected chi connectivity index (χ0v) is 16.0. The van der Waals surface area contributed by atoms with Crippen LogP contribution >= 0.6 is 15.9 Å². The van der Waals surface area contributed by atoms with Crippen LogP contribution in [0.15, 0.2) is 71.6 Å². The van der Waals surface area contributed by atoms with Gasteiger partial charge in [0.2, 0.25) is 5.69 Å². The minimum absolute atomic E-state index is 0.371. The van der Waals surface area contributed by atoms with Crippen LogP contribution in [0.25, 0.3) is 33.0 Å². The summed E-state index contributed by atoms with van der Waals surface area (Å²) in [5.74, 6) is -0.371. The average molecular weight is 421 g/mol. The highest BCUT2D eigenvalue weighted by atomic mass is 79.9. The number of methoxy groups -OCH3 is 1. The van der Waals surface area contributed by atoms with Crippen molar-refractivity contribution in [2.75, 3.05) is 7.11 Å². The Bertz CT molecular complexity index is 1350. The Balaban J connectivity index is 1.90. The van der Waals surface area contributed by atoms with E-state index < -0.39 is 0 Å². The lowest BCUT2D eigenvalue weighted by Crippen LogP contribution is -2.29. The Labute approximate surface area is 162 Å². The molecule has 6 heteroatoms. The molecule has 3 aromatic heterocycles. The number of H-pyrrole nitrogens is 1. The third-order valence-electron chi connectivity index (χ3n) is 4.80. The molecule has 0 unspecified atom stereocenters. The van der Waals surface area contributed by atoms with E-state index in [0.29, 0.717) is 5.69 Å². The Hall–Kier alpha value is -3.12. The van der Waals surface area contributed by atoms with Crippen molar-refractivity contribution in [2.24, 2.45) is 0 Å². The highest BCUT2D eigenvalue weighted by molar-refractivity contribution is 9.10. The number of aromatic amines is 1. The van der Waals surface area contributed by atoms with Crippen LogP contribution < -0.4 is 4.40 Å². The normalized spacial score (nSPS) is 11.5. The van der Waals surface area contributed by atoms with Gasteiger partial charge in [0.1, 0.15) is 11.9 Å². The first-order valence-corrected chi connectivity index (χ1v) is 9.26. The number of aromatic nitrogens is 3. The molecule has 5 rings (SSSR count). The van der Waals surface area contributed by atoms with Gasteiger partial charge in [0, 0.05) is 26.8 Å². The summed E-state index contributed by atoms with van der Waals surface area (Å²) in [6, 6.07) is 18.0. The lowest BCUT2D eigenvalue weighted by molar-refractivity contribution is -0.514. The second kappa shape index (κ2) is 5.96. The molecule has 27 heavy (non-hydrogen) atoms. The number of pyridine rings is 1. The van der Waals surface area contributed by atoms with Gasteiger partial charge >= 0.3 is 5.97 Å². The van der Waals surface area contributed by atoms with Gasteiger partial charge in [-0.05, 0) is 24.3 Å². The molecule has 0 saturated heterocycles. The van der Waals surface area contributed by atoms with Crippen LogP contribution in [0.2, 0.25) is 0 Å². The van der Waals surface area contributed by atoms with Gasteiger partial charge < -0.3 is 9.72 Å². The van der Waals surface area contributed by atoms with E-state index in [-0.39, 0.29) is 5.97 Å². The van der Waals surface area contributed by atoms with Crippen molar-refractivity contribution >= 4 is 49.2 Å². The molecular formula is C21H15BrN3O2+. The maximum Gasteiger partial charge on any atom is 0.378 e. The number of ether oxygens (including phenoxy) is 1. The molecule has 0 spiro atoms. The van der Waals surface area contributed by atoms with Crippen LogP contribution in [0.4, 0.5) is 0 Å². The van der Waals surface area contributed by atoms with Crippen LogP contribution in [0, 0.1) is 0 Å². The van der Waals surface area contributed by atoms with Gasteiger partial charge in [-0.1, -0.05) is 40.2 Å². The van der Waals surface area contributed by atoms with Crippen LogP contribution in [-0.4, -0.2) is 22.6 Å². The van der Waals surface area contributed by atoms with Crippen molar-refractivity contribution in [2.45, 2.75) is 0 Å². The number of esters is 1. The summed E-state index contributed by atoms with van der Waals surface area (Å²) >= 11 is 3.51. The summed E-state index contributed by atoms with van der Waals surface area (Å²) in [5, 5.41) is 2.08. The van der Waals surface area contributed by atoms with Gasteiger partial charge in [-0.3, -0.25) is 0 Å². The minimum Gasteiger partial charge on any atom is -0.463 e. The number of carbonyl (C=O) groups is 1. The van der Waals surface area contributed by atoms with E-state index in [4.69, 9.17) is 4.74 Å². The molecule has 0 aliphatic heterocycles. The number of fused-ring (bicyclic) bond motifs is 5. The molecule has 0 atom stereocenters. The number of hydrogen-bond acceptors (Lipinski definition) is 2. The van der Waals surface area contributed by atoms with Crippen LogP contribution in [-0.2, 0) is 4.74 Å². The lowest BCUT2D eigenvalue weighted by atomic mass is 10.1. The summed E-state index contributed by atoms with van der Waals surface area (Å²) in [6.45, 7) is 0. The number of rotatable bonds is 2. The molecule has 3 heterocycles. The first-order chi connectivity index (χ1) is 13.2. The van der Waals surface area contributed by atoms with Gasteiger partial charge in [0.05, 0.1) is 12.6 Å². The van der Waals surface area contributed by atoms with E-state index in [1.54, 1.807) is 0 Å². The molecule has 5 nitrogen and oxygen atoms in total. The van der Waals surface area contributed by atoms with Crippen LogP contribution in [0.1, 0.15) is 10.5 Å². The highest BCUT2D eigenvalue weighted by Crippen LogP contribution is 2.28. The smallest absolute Gasteiger partial charge is 0.378 e. The Kier molecular flexibility index (Phi) is 3.55. The Morgan fingerprint density at radius 2 is 1.96 bits per heavy atom. The molecule has 0 aliphatic rings. The van der Waals surface area contributed by atoms with Gasteiger partial charge in [0.15, 0.2) is 5.52 Å². The number of para-hydroxylation sites is 1. The molecule has 5 aromatic rings. The molecular weight excluding hydrogens is 406 g/mol. The number of imidazole rings is 1. The summed E-state index contributed by atoms with van der Waals surface area (Å²) in [7, 11) is 1.40. The van der Waals surface area contributed by atoms with Gasteiger partial charge in [-0.15, -0.1) is 0 Å². The number of hydrogen-bond donors (Lipinski definition) is 1. The van der Waals surface area contributed by atoms with Gasteiger partial charge in [0.25, 0.3) is 6.33 Å². The van der Waals surface area contributed by atoms with E-state index >= 15 is 0 Å². The van der Waals surface area contributed by atoms with Crippen molar-refractivity contribution in [3.05, 3.63) is 77.3 Å². The summed E-state index contributed by atoms with van der Waals surface area (Å²) in [4.78, 5) is 15.9. The Morgan fingerprint density at radius 3 is 2.78 bits per heavy atom. The molecule has 0 saturated carbocycles. The third-order valence-corrected chi connectivity index (χ3v) is 5.30. The zero-order valence-electron chi connectivity index (χ0n) is 14.4. The standard InChI is InChI=1S/C21H14BrN3O2/c1-27-21(26)18-10-16-15-7-2-3-8-17(15)23-20(16)19-11-24(12-25(18)19)14-6-4-5-13(22)9-14/h2-12H,1H3/p+1. The van der Waals surface area contributed by atoms with Gasteiger partial charge in [-0.2, -0.15) is 4.40 Å². The van der Waals surface area contributed by atoms with Crippen LogP contribution in [0.3, 0.4) is 0 Å². The lowest BCUT2D eigenvalue weighted by Gasteiger charge is -1.99. The fraction of sp³-hybridized carbons (Fsp3) is 0.0476.